The lowest BCUT2D eigenvalue weighted by molar-refractivity contribution is -0.141. The van der Waals surface area contributed by atoms with Gasteiger partial charge in [0.2, 0.25) is 11.8 Å². The van der Waals surface area contributed by atoms with Crippen molar-refractivity contribution in [1.82, 2.24) is 14.4 Å². The Labute approximate surface area is 142 Å². The molecular formula is C17H24ClN3O2. The van der Waals surface area contributed by atoms with Crippen molar-refractivity contribution in [3.05, 3.63) is 24.0 Å². The highest BCUT2D eigenvalue weighted by molar-refractivity contribution is 6.30. The van der Waals surface area contributed by atoms with E-state index >= 15 is 0 Å². The molecule has 2 fully saturated rings. The van der Waals surface area contributed by atoms with Gasteiger partial charge < -0.3 is 14.4 Å². The van der Waals surface area contributed by atoms with Gasteiger partial charge in [-0.2, -0.15) is 0 Å². The van der Waals surface area contributed by atoms with E-state index in [9.17, 15) is 9.59 Å². The van der Waals surface area contributed by atoms with Crippen LogP contribution in [0.25, 0.3) is 0 Å². The van der Waals surface area contributed by atoms with Gasteiger partial charge in [-0.3, -0.25) is 9.59 Å². The predicted molar refractivity (Wildman–Crippen MR) is 89.0 cm³/mol. The molecule has 3 rings (SSSR count). The Kier molecular flexibility index (Phi) is 4.67. The number of alkyl halides is 1. The topological polar surface area (TPSA) is 45.6 Å². The summed E-state index contributed by atoms with van der Waals surface area (Å²) in [6.07, 6.45) is 6.05. The molecule has 1 atom stereocenters. The summed E-state index contributed by atoms with van der Waals surface area (Å²) in [5, 5.41) is -0.578. The highest BCUT2D eigenvalue weighted by Gasteiger charge is 2.39. The maximum absolute atomic E-state index is 12.8. The van der Waals surface area contributed by atoms with E-state index in [2.05, 4.69) is 0 Å². The molecule has 0 unspecified atom stereocenters. The molecule has 0 bridgehead atoms. The van der Waals surface area contributed by atoms with E-state index in [0.717, 1.165) is 31.4 Å². The number of carbonyl (C=O) groups excluding carboxylic acids is 2. The van der Waals surface area contributed by atoms with Gasteiger partial charge in [0.1, 0.15) is 11.9 Å². The lowest BCUT2D eigenvalue weighted by atomic mass is 10.3. The number of carbonyl (C=O) groups is 2. The Bertz CT molecular complexity index is 590. The summed E-state index contributed by atoms with van der Waals surface area (Å²) in [5.74, 6) is -0.0941. The monoisotopic (exact) mass is 337 g/mol. The van der Waals surface area contributed by atoms with E-state index in [1.165, 1.54) is 0 Å². The van der Waals surface area contributed by atoms with E-state index in [0.29, 0.717) is 12.6 Å². The van der Waals surface area contributed by atoms with E-state index in [4.69, 9.17) is 11.6 Å². The summed E-state index contributed by atoms with van der Waals surface area (Å²) in [6.45, 7) is 2.43. The highest BCUT2D eigenvalue weighted by atomic mass is 35.5. The van der Waals surface area contributed by atoms with Crippen molar-refractivity contribution in [3.63, 3.8) is 0 Å². The second-order valence-electron chi connectivity index (χ2n) is 6.68. The third kappa shape index (κ3) is 3.89. The minimum absolute atomic E-state index is 0.0336. The van der Waals surface area contributed by atoms with E-state index in [-0.39, 0.29) is 24.4 Å². The van der Waals surface area contributed by atoms with Gasteiger partial charge in [0, 0.05) is 31.0 Å². The van der Waals surface area contributed by atoms with Crippen LogP contribution in [0.5, 0.6) is 0 Å². The van der Waals surface area contributed by atoms with Gasteiger partial charge in [0.05, 0.1) is 6.54 Å². The number of aromatic nitrogens is 1. The van der Waals surface area contributed by atoms with Crippen LogP contribution in [0, 0.1) is 0 Å². The van der Waals surface area contributed by atoms with Crippen molar-refractivity contribution in [2.75, 3.05) is 6.54 Å². The molecule has 1 aromatic rings. The van der Waals surface area contributed by atoms with Crippen LogP contribution in [0.1, 0.15) is 38.3 Å². The molecule has 2 aliphatic carbocycles. The van der Waals surface area contributed by atoms with Crippen molar-refractivity contribution in [3.8, 4) is 0 Å². The quantitative estimate of drug-likeness (QED) is 0.716. The standard InChI is InChI=1S/C17H24ClN3O2/c1-12(18)17(23)21(14-7-8-14)11-16(22)20(13-5-6-13)10-15-4-3-9-19(15)2/h3-4,9,12-14H,5-8,10-11H2,1-2H3/t12-/m0/s1. The lowest BCUT2D eigenvalue weighted by Gasteiger charge is -2.28. The van der Waals surface area contributed by atoms with Crippen LogP contribution in [0.2, 0.25) is 0 Å². The molecule has 2 saturated carbocycles. The number of nitrogens with zero attached hydrogens (tertiary/aromatic N) is 3. The first-order valence-electron chi connectivity index (χ1n) is 8.31. The molecule has 2 aliphatic rings. The molecule has 1 heterocycles. The minimum atomic E-state index is -0.578. The molecular weight excluding hydrogens is 314 g/mol. The fourth-order valence-electron chi connectivity index (χ4n) is 2.88. The highest BCUT2D eigenvalue weighted by Crippen LogP contribution is 2.31. The van der Waals surface area contributed by atoms with Gasteiger partial charge in [-0.25, -0.2) is 0 Å². The van der Waals surface area contributed by atoms with Crippen LogP contribution in [0.4, 0.5) is 0 Å². The number of rotatable bonds is 7. The van der Waals surface area contributed by atoms with Crippen LogP contribution >= 0.6 is 11.6 Å². The summed E-state index contributed by atoms with van der Waals surface area (Å²) in [5.41, 5.74) is 1.11. The first kappa shape index (κ1) is 16.4. The molecule has 0 aliphatic heterocycles. The summed E-state index contributed by atoms with van der Waals surface area (Å²) in [6, 6.07) is 4.54. The van der Waals surface area contributed by atoms with Crippen LogP contribution in [-0.2, 0) is 23.2 Å². The molecule has 1 aromatic heterocycles. The van der Waals surface area contributed by atoms with Crippen molar-refractivity contribution in [1.29, 1.82) is 0 Å². The second kappa shape index (κ2) is 6.56. The molecule has 0 aromatic carbocycles. The number of hydrogen-bond acceptors (Lipinski definition) is 2. The molecule has 0 N–H and O–H groups in total. The zero-order valence-electron chi connectivity index (χ0n) is 13.7. The molecule has 126 valence electrons. The first-order chi connectivity index (χ1) is 11.0. The average molecular weight is 338 g/mol. The molecule has 6 heteroatoms. The van der Waals surface area contributed by atoms with Gasteiger partial charge >= 0.3 is 0 Å². The zero-order chi connectivity index (χ0) is 16.6. The fourth-order valence-corrected chi connectivity index (χ4v) is 3.01. The Balaban J connectivity index is 1.68. The van der Waals surface area contributed by atoms with E-state index in [1.807, 2.05) is 34.8 Å². The normalized spacial score (nSPS) is 18.6. The van der Waals surface area contributed by atoms with Gasteiger partial charge in [0.25, 0.3) is 0 Å². The third-order valence-corrected chi connectivity index (χ3v) is 4.79. The van der Waals surface area contributed by atoms with Crippen LogP contribution in [0.15, 0.2) is 18.3 Å². The molecule has 2 amide bonds. The number of amides is 2. The van der Waals surface area contributed by atoms with Crippen molar-refractivity contribution < 1.29 is 9.59 Å². The van der Waals surface area contributed by atoms with E-state index in [1.54, 1.807) is 11.8 Å². The zero-order valence-corrected chi connectivity index (χ0v) is 14.5. The lowest BCUT2D eigenvalue weighted by Crippen LogP contribution is -2.46. The maximum atomic E-state index is 12.8. The summed E-state index contributed by atoms with van der Waals surface area (Å²) < 4.78 is 2.04. The predicted octanol–water partition coefficient (Wildman–Crippen LogP) is 2.13. The Morgan fingerprint density at radius 1 is 1.26 bits per heavy atom. The molecule has 0 saturated heterocycles. The molecule has 5 nitrogen and oxygen atoms in total. The van der Waals surface area contributed by atoms with Crippen LogP contribution in [-0.4, -0.2) is 50.2 Å². The smallest absolute Gasteiger partial charge is 0.242 e. The first-order valence-corrected chi connectivity index (χ1v) is 8.75. The van der Waals surface area contributed by atoms with Crippen molar-refractivity contribution >= 4 is 23.4 Å². The van der Waals surface area contributed by atoms with Gasteiger partial charge in [-0.05, 0) is 44.7 Å². The van der Waals surface area contributed by atoms with Gasteiger partial charge in [-0.15, -0.1) is 11.6 Å². The van der Waals surface area contributed by atoms with Crippen LogP contribution < -0.4 is 0 Å². The summed E-state index contributed by atoms with van der Waals surface area (Å²) in [7, 11) is 1.99. The fraction of sp³-hybridized carbons (Fsp3) is 0.647. The average Bonchev–Trinajstić information content (AvgIpc) is 3.41. The Morgan fingerprint density at radius 2 is 1.87 bits per heavy atom. The Morgan fingerprint density at radius 3 is 2.35 bits per heavy atom. The van der Waals surface area contributed by atoms with Crippen molar-refractivity contribution in [2.45, 2.75) is 56.6 Å². The number of aryl methyl sites for hydroxylation is 1. The largest absolute Gasteiger partial charge is 0.353 e. The minimum Gasteiger partial charge on any atom is -0.353 e. The molecule has 0 spiro atoms. The summed E-state index contributed by atoms with van der Waals surface area (Å²) in [4.78, 5) is 28.7. The van der Waals surface area contributed by atoms with Gasteiger partial charge in [-0.1, -0.05) is 0 Å². The maximum Gasteiger partial charge on any atom is 0.242 e. The molecule has 23 heavy (non-hydrogen) atoms. The van der Waals surface area contributed by atoms with Gasteiger partial charge in [0.15, 0.2) is 0 Å². The number of hydrogen-bond donors (Lipinski definition) is 0. The second-order valence-corrected chi connectivity index (χ2v) is 7.33. The Hall–Kier alpha value is -1.49. The van der Waals surface area contributed by atoms with Crippen molar-refractivity contribution in [2.24, 2.45) is 7.05 Å². The number of halogens is 1. The van der Waals surface area contributed by atoms with E-state index < -0.39 is 5.38 Å². The molecule has 0 radical (unpaired) electrons. The third-order valence-electron chi connectivity index (χ3n) is 4.61. The SMILES string of the molecule is C[C@H](Cl)C(=O)N(CC(=O)N(Cc1cccn1C)C1CC1)C1CC1. The van der Waals surface area contributed by atoms with Crippen LogP contribution in [0.3, 0.4) is 0 Å². The summed E-state index contributed by atoms with van der Waals surface area (Å²) >= 11 is 5.95.